The maximum absolute atomic E-state index is 12.1. The average molecular weight is 391 g/mol. The van der Waals surface area contributed by atoms with E-state index < -0.39 is 0 Å². The van der Waals surface area contributed by atoms with Crippen molar-refractivity contribution in [2.45, 2.75) is 17.6 Å². The van der Waals surface area contributed by atoms with Crippen LogP contribution in [0.4, 0.5) is 10.8 Å². The van der Waals surface area contributed by atoms with E-state index in [1.54, 1.807) is 23.6 Å². The first-order valence-electron chi connectivity index (χ1n) is 8.62. The molecule has 0 fully saturated rings. The summed E-state index contributed by atoms with van der Waals surface area (Å²) in [4.78, 5) is 19.7. The number of carbonyl (C=O) groups is 1. The third-order valence-corrected chi connectivity index (χ3v) is 6.07. The van der Waals surface area contributed by atoms with E-state index in [1.807, 2.05) is 35.7 Å². The predicted molar refractivity (Wildman–Crippen MR) is 115 cm³/mol. The van der Waals surface area contributed by atoms with Gasteiger partial charge in [0, 0.05) is 23.0 Å². The quantitative estimate of drug-likeness (QED) is 0.376. The van der Waals surface area contributed by atoms with Crippen LogP contribution in [0.1, 0.15) is 12.6 Å². The summed E-state index contributed by atoms with van der Waals surface area (Å²) in [5, 5.41) is 5.23. The molecule has 1 heterocycles. The molecule has 27 heavy (non-hydrogen) atoms. The van der Waals surface area contributed by atoms with Crippen molar-refractivity contribution in [3.05, 3.63) is 83.9 Å². The molecule has 5 heteroatoms. The number of fused-ring (bicyclic) bond motifs is 1. The Hall–Kier alpha value is -2.63. The fraction of sp³-hybridized carbons (Fsp3) is 0.0909. The lowest BCUT2D eigenvalue weighted by atomic mass is 10.1. The van der Waals surface area contributed by atoms with Gasteiger partial charge in [0.15, 0.2) is 5.13 Å². The van der Waals surface area contributed by atoms with E-state index in [-0.39, 0.29) is 5.91 Å². The number of anilines is 2. The Morgan fingerprint density at radius 2 is 1.74 bits per heavy atom. The number of thioether (sulfide) groups is 1. The molecule has 0 bridgehead atoms. The van der Waals surface area contributed by atoms with Gasteiger partial charge >= 0.3 is 0 Å². The molecule has 0 N–H and O–H groups in total. The summed E-state index contributed by atoms with van der Waals surface area (Å²) in [5.74, 6) is 0.735. The molecular weight excluding hydrogens is 372 g/mol. The summed E-state index contributed by atoms with van der Waals surface area (Å²) in [7, 11) is 0. The molecule has 0 saturated heterocycles. The van der Waals surface area contributed by atoms with Crippen LogP contribution in [0.25, 0.3) is 10.8 Å². The van der Waals surface area contributed by atoms with Gasteiger partial charge in [0.25, 0.3) is 0 Å². The molecule has 3 aromatic carbocycles. The maximum atomic E-state index is 12.1. The van der Waals surface area contributed by atoms with Crippen LogP contribution in [0.15, 0.2) is 83.1 Å². The van der Waals surface area contributed by atoms with Gasteiger partial charge in [-0.15, -0.1) is 23.1 Å². The first kappa shape index (κ1) is 17.8. The molecule has 0 unspecified atom stereocenters. The van der Waals surface area contributed by atoms with Crippen molar-refractivity contribution in [2.24, 2.45) is 0 Å². The van der Waals surface area contributed by atoms with Crippen LogP contribution in [0.3, 0.4) is 0 Å². The van der Waals surface area contributed by atoms with Crippen molar-refractivity contribution >= 4 is 50.6 Å². The highest BCUT2D eigenvalue weighted by molar-refractivity contribution is 7.98. The van der Waals surface area contributed by atoms with Crippen LogP contribution in [0.5, 0.6) is 0 Å². The standard InChI is InChI=1S/C22H18N2OS2/c1-16(25)24(20-9-3-2-4-10-20)22-23-19(15-27-22)14-26-21-12-11-17-7-5-6-8-18(17)13-21/h2-13,15H,14H2,1H3. The highest BCUT2D eigenvalue weighted by Gasteiger charge is 2.17. The number of hydrogen-bond acceptors (Lipinski definition) is 4. The molecule has 3 nitrogen and oxygen atoms in total. The van der Waals surface area contributed by atoms with Gasteiger partial charge in [-0.1, -0.05) is 48.5 Å². The van der Waals surface area contributed by atoms with Crippen molar-refractivity contribution in [1.82, 2.24) is 4.98 Å². The monoisotopic (exact) mass is 390 g/mol. The number of para-hydroxylation sites is 1. The summed E-state index contributed by atoms with van der Waals surface area (Å²) in [6.07, 6.45) is 0. The van der Waals surface area contributed by atoms with Crippen molar-refractivity contribution in [2.75, 3.05) is 4.90 Å². The first-order chi connectivity index (χ1) is 13.2. The molecule has 0 aliphatic heterocycles. The molecule has 1 aromatic heterocycles. The van der Waals surface area contributed by atoms with Gasteiger partial charge < -0.3 is 0 Å². The van der Waals surface area contributed by atoms with Crippen molar-refractivity contribution in [3.63, 3.8) is 0 Å². The van der Waals surface area contributed by atoms with Gasteiger partial charge in [-0.05, 0) is 35.0 Å². The van der Waals surface area contributed by atoms with Gasteiger partial charge in [0.1, 0.15) is 0 Å². The predicted octanol–water partition coefficient (Wildman–Crippen LogP) is 6.27. The lowest BCUT2D eigenvalue weighted by Gasteiger charge is -2.17. The van der Waals surface area contributed by atoms with Crippen LogP contribution in [0.2, 0.25) is 0 Å². The second kappa shape index (κ2) is 7.94. The number of rotatable bonds is 5. The van der Waals surface area contributed by atoms with Crippen LogP contribution in [-0.2, 0) is 10.5 Å². The highest BCUT2D eigenvalue weighted by atomic mass is 32.2. The summed E-state index contributed by atoms with van der Waals surface area (Å²) in [6.45, 7) is 1.57. The summed E-state index contributed by atoms with van der Waals surface area (Å²) in [5.41, 5.74) is 1.82. The number of aromatic nitrogens is 1. The minimum absolute atomic E-state index is 0.0377. The van der Waals surface area contributed by atoms with Crippen molar-refractivity contribution in [3.8, 4) is 0 Å². The van der Waals surface area contributed by atoms with Gasteiger partial charge in [0.05, 0.1) is 11.4 Å². The Bertz CT molecular complexity index is 1080. The van der Waals surface area contributed by atoms with E-state index in [0.29, 0.717) is 5.13 Å². The molecule has 0 atom stereocenters. The fourth-order valence-corrected chi connectivity index (χ4v) is 4.71. The molecule has 1 amide bonds. The van der Waals surface area contributed by atoms with Crippen LogP contribution in [-0.4, -0.2) is 10.9 Å². The van der Waals surface area contributed by atoms with Crippen molar-refractivity contribution < 1.29 is 4.79 Å². The molecule has 134 valence electrons. The molecular formula is C22H18N2OS2. The first-order valence-corrected chi connectivity index (χ1v) is 10.5. The number of carbonyl (C=O) groups excluding carboxylic acids is 1. The van der Waals surface area contributed by atoms with Gasteiger partial charge in [0.2, 0.25) is 5.91 Å². The van der Waals surface area contributed by atoms with Crippen LogP contribution >= 0.6 is 23.1 Å². The number of thiazole rings is 1. The SMILES string of the molecule is CC(=O)N(c1ccccc1)c1nc(CSc2ccc3ccccc3c2)cs1. The lowest BCUT2D eigenvalue weighted by Crippen LogP contribution is -2.22. The normalized spacial score (nSPS) is 10.9. The highest BCUT2D eigenvalue weighted by Crippen LogP contribution is 2.32. The van der Waals surface area contributed by atoms with Crippen molar-refractivity contribution in [1.29, 1.82) is 0 Å². The molecule has 0 spiro atoms. The van der Waals surface area contributed by atoms with Crippen LogP contribution < -0.4 is 4.90 Å². The second-order valence-corrected chi connectivity index (χ2v) is 7.99. The zero-order valence-electron chi connectivity index (χ0n) is 14.8. The molecule has 0 radical (unpaired) electrons. The van der Waals surface area contributed by atoms with E-state index >= 15 is 0 Å². The zero-order chi connectivity index (χ0) is 18.6. The molecule has 0 aliphatic carbocycles. The fourth-order valence-electron chi connectivity index (χ4n) is 2.88. The van der Waals surface area contributed by atoms with Crippen LogP contribution in [0, 0.1) is 0 Å². The molecule has 0 aliphatic rings. The van der Waals surface area contributed by atoms with E-state index in [0.717, 1.165) is 17.1 Å². The van der Waals surface area contributed by atoms with Gasteiger partial charge in [-0.3, -0.25) is 9.69 Å². The molecule has 4 aromatic rings. The van der Waals surface area contributed by atoms with E-state index in [9.17, 15) is 4.79 Å². The third-order valence-electron chi connectivity index (χ3n) is 4.17. The van der Waals surface area contributed by atoms with Gasteiger partial charge in [-0.2, -0.15) is 0 Å². The minimum Gasteiger partial charge on any atom is -0.274 e. The number of nitrogens with zero attached hydrogens (tertiary/aromatic N) is 2. The summed E-state index contributed by atoms with van der Waals surface area (Å²) >= 11 is 3.26. The third kappa shape index (κ3) is 4.04. The Labute approximate surface area is 166 Å². The number of benzene rings is 3. The van der Waals surface area contributed by atoms with E-state index in [4.69, 9.17) is 0 Å². The topological polar surface area (TPSA) is 33.2 Å². The average Bonchev–Trinajstić information content (AvgIpc) is 3.15. The maximum Gasteiger partial charge on any atom is 0.230 e. The number of amides is 1. The molecule has 0 saturated carbocycles. The Kier molecular flexibility index (Phi) is 5.23. The van der Waals surface area contributed by atoms with E-state index in [1.165, 1.54) is 27.0 Å². The van der Waals surface area contributed by atoms with Gasteiger partial charge in [-0.25, -0.2) is 4.98 Å². The summed E-state index contributed by atoms with van der Waals surface area (Å²) in [6, 6.07) is 24.5. The Morgan fingerprint density at radius 3 is 2.52 bits per heavy atom. The lowest BCUT2D eigenvalue weighted by molar-refractivity contribution is -0.115. The van der Waals surface area contributed by atoms with E-state index in [2.05, 4.69) is 47.4 Å². The number of hydrogen-bond donors (Lipinski definition) is 0. The Morgan fingerprint density at radius 1 is 1.00 bits per heavy atom. The minimum atomic E-state index is -0.0377. The summed E-state index contributed by atoms with van der Waals surface area (Å²) < 4.78 is 0. The molecule has 4 rings (SSSR count). The Balaban J connectivity index is 1.50. The largest absolute Gasteiger partial charge is 0.274 e. The zero-order valence-corrected chi connectivity index (χ0v) is 16.5. The smallest absolute Gasteiger partial charge is 0.230 e. The second-order valence-electron chi connectivity index (χ2n) is 6.11.